The lowest BCUT2D eigenvalue weighted by atomic mass is 10.0. The molecule has 6 heteroatoms. The highest BCUT2D eigenvalue weighted by atomic mass is 19.1. The van der Waals surface area contributed by atoms with E-state index in [0.717, 1.165) is 5.56 Å². The third-order valence-electron chi connectivity index (χ3n) is 3.76. The van der Waals surface area contributed by atoms with E-state index in [4.69, 9.17) is 4.42 Å². The fourth-order valence-electron chi connectivity index (χ4n) is 2.78. The third kappa shape index (κ3) is 3.11. The molecule has 1 saturated heterocycles. The van der Waals surface area contributed by atoms with Gasteiger partial charge in [-0.3, -0.25) is 4.90 Å². The third-order valence-corrected chi connectivity index (χ3v) is 3.76. The first-order valence-electron chi connectivity index (χ1n) is 7.14. The zero-order valence-electron chi connectivity index (χ0n) is 11.9. The summed E-state index contributed by atoms with van der Waals surface area (Å²) in [4.78, 5) is 2.05. The van der Waals surface area contributed by atoms with Crippen LogP contribution in [0.1, 0.15) is 36.7 Å². The van der Waals surface area contributed by atoms with Gasteiger partial charge in [0.2, 0.25) is 11.8 Å². The number of aryl methyl sites for hydroxylation is 1. The Labute approximate surface area is 122 Å². The Bertz CT molecular complexity index is 616. The molecule has 0 radical (unpaired) electrons. The maximum atomic E-state index is 13.4. The lowest BCUT2D eigenvalue weighted by Crippen LogP contribution is -2.24. The summed E-state index contributed by atoms with van der Waals surface area (Å²) in [6.45, 7) is 2.93. The molecule has 2 heterocycles. The van der Waals surface area contributed by atoms with Crippen LogP contribution in [0.5, 0.6) is 0 Å². The number of aliphatic hydroxyl groups is 1. The molecular weight excluding hydrogens is 273 g/mol. The van der Waals surface area contributed by atoms with E-state index in [2.05, 4.69) is 10.2 Å². The second-order valence-electron chi connectivity index (χ2n) is 5.33. The monoisotopic (exact) mass is 291 g/mol. The first-order valence-corrected chi connectivity index (χ1v) is 7.14. The molecule has 0 saturated carbocycles. The van der Waals surface area contributed by atoms with Gasteiger partial charge in [0, 0.05) is 19.0 Å². The zero-order valence-corrected chi connectivity index (χ0v) is 11.9. The molecule has 1 fully saturated rings. The lowest BCUT2D eigenvalue weighted by molar-refractivity contribution is 0.167. The van der Waals surface area contributed by atoms with E-state index in [-0.39, 0.29) is 11.9 Å². The van der Waals surface area contributed by atoms with Crippen molar-refractivity contribution in [2.24, 2.45) is 0 Å². The second kappa shape index (κ2) is 5.91. The molecule has 5 nitrogen and oxygen atoms in total. The van der Waals surface area contributed by atoms with Crippen LogP contribution in [0.15, 0.2) is 28.7 Å². The number of rotatable bonds is 4. The maximum Gasteiger partial charge on any atom is 0.230 e. The maximum absolute atomic E-state index is 13.4. The van der Waals surface area contributed by atoms with Gasteiger partial charge in [0.05, 0.1) is 12.6 Å². The largest absolute Gasteiger partial charge is 0.424 e. The van der Waals surface area contributed by atoms with Gasteiger partial charge in [0.15, 0.2) is 0 Å². The predicted molar refractivity (Wildman–Crippen MR) is 73.9 cm³/mol. The van der Waals surface area contributed by atoms with Crippen molar-refractivity contribution in [2.75, 3.05) is 6.54 Å². The van der Waals surface area contributed by atoms with Gasteiger partial charge in [0.1, 0.15) is 5.82 Å². The van der Waals surface area contributed by atoms with E-state index >= 15 is 0 Å². The predicted octanol–water partition coefficient (Wildman–Crippen LogP) is 2.08. The van der Waals surface area contributed by atoms with Crippen molar-refractivity contribution in [2.45, 2.75) is 38.5 Å². The summed E-state index contributed by atoms with van der Waals surface area (Å²) in [7, 11) is 0. The number of β-amino-alcohol motifs (C(OH)–C–C–N with tert-alkyl or cyclic N) is 1. The van der Waals surface area contributed by atoms with Crippen molar-refractivity contribution in [3.8, 4) is 0 Å². The van der Waals surface area contributed by atoms with Crippen LogP contribution in [0.4, 0.5) is 4.39 Å². The highest BCUT2D eigenvalue weighted by Crippen LogP contribution is 2.33. The molecule has 1 aliphatic heterocycles. The number of benzene rings is 1. The summed E-state index contributed by atoms with van der Waals surface area (Å²) in [6.07, 6.45) is 0.855. The van der Waals surface area contributed by atoms with E-state index in [0.29, 0.717) is 37.7 Å². The van der Waals surface area contributed by atoms with Crippen molar-refractivity contribution in [3.05, 3.63) is 47.4 Å². The second-order valence-corrected chi connectivity index (χ2v) is 5.33. The minimum atomic E-state index is -0.424. The molecule has 0 aliphatic carbocycles. The van der Waals surface area contributed by atoms with Gasteiger partial charge in [-0.2, -0.15) is 0 Å². The molecule has 2 atom stereocenters. The Balaban J connectivity index is 1.79. The van der Waals surface area contributed by atoms with Crippen LogP contribution in [0.2, 0.25) is 0 Å². The minimum Gasteiger partial charge on any atom is -0.424 e. The van der Waals surface area contributed by atoms with Gasteiger partial charge in [0.25, 0.3) is 0 Å². The molecule has 1 aromatic carbocycles. The summed E-state index contributed by atoms with van der Waals surface area (Å²) in [5, 5.41) is 17.9. The number of halogens is 1. The molecule has 0 spiro atoms. The van der Waals surface area contributed by atoms with E-state index in [1.165, 1.54) is 12.1 Å². The number of aliphatic hydroxyl groups excluding tert-OH is 1. The fraction of sp³-hybridized carbons (Fsp3) is 0.467. The number of aromatic nitrogens is 2. The molecule has 0 amide bonds. The summed E-state index contributed by atoms with van der Waals surface area (Å²) < 4.78 is 18.9. The lowest BCUT2D eigenvalue weighted by Gasteiger charge is -2.22. The van der Waals surface area contributed by atoms with Gasteiger partial charge in [-0.1, -0.05) is 19.1 Å². The van der Waals surface area contributed by atoms with Gasteiger partial charge < -0.3 is 9.52 Å². The number of likely N-dealkylation sites (tertiary alicyclic amines) is 1. The summed E-state index contributed by atoms with van der Waals surface area (Å²) in [5.74, 6) is 0.870. The summed E-state index contributed by atoms with van der Waals surface area (Å²) >= 11 is 0. The van der Waals surface area contributed by atoms with Gasteiger partial charge >= 0.3 is 0 Å². The quantitative estimate of drug-likeness (QED) is 0.934. The molecule has 3 rings (SSSR count). The first kappa shape index (κ1) is 14.2. The van der Waals surface area contributed by atoms with E-state index in [9.17, 15) is 9.50 Å². The van der Waals surface area contributed by atoms with Crippen molar-refractivity contribution in [3.63, 3.8) is 0 Å². The molecule has 1 aliphatic rings. The zero-order chi connectivity index (χ0) is 14.8. The van der Waals surface area contributed by atoms with E-state index in [1.807, 2.05) is 17.9 Å². The highest BCUT2D eigenvalue weighted by molar-refractivity contribution is 5.21. The van der Waals surface area contributed by atoms with Crippen molar-refractivity contribution >= 4 is 0 Å². The average Bonchev–Trinajstić information content (AvgIpc) is 3.06. The number of hydrogen-bond acceptors (Lipinski definition) is 5. The topological polar surface area (TPSA) is 62.4 Å². The molecular formula is C15H18FN3O2. The van der Waals surface area contributed by atoms with Crippen molar-refractivity contribution < 1.29 is 13.9 Å². The van der Waals surface area contributed by atoms with Crippen LogP contribution in [-0.4, -0.2) is 32.9 Å². The molecule has 21 heavy (non-hydrogen) atoms. The molecule has 1 aromatic heterocycles. The van der Waals surface area contributed by atoms with Gasteiger partial charge in [-0.15, -0.1) is 10.2 Å². The van der Waals surface area contributed by atoms with Crippen LogP contribution in [-0.2, 0) is 13.0 Å². The summed E-state index contributed by atoms with van der Waals surface area (Å²) in [5.41, 5.74) is 0.863. The number of nitrogens with zero attached hydrogens (tertiary/aromatic N) is 3. The Morgan fingerprint density at radius 2 is 2.19 bits per heavy atom. The molecule has 1 N–H and O–H groups in total. The van der Waals surface area contributed by atoms with Crippen LogP contribution in [0.25, 0.3) is 0 Å². The van der Waals surface area contributed by atoms with Crippen molar-refractivity contribution in [1.82, 2.24) is 15.1 Å². The van der Waals surface area contributed by atoms with Crippen LogP contribution >= 0.6 is 0 Å². The van der Waals surface area contributed by atoms with E-state index in [1.54, 1.807) is 6.07 Å². The Hall–Kier alpha value is -1.79. The standard InChI is InChI=1S/C15H18FN3O2/c1-2-14-17-18-15(21-14)9-19-8-12(20)7-13(19)10-4-3-5-11(16)6-10/h3-6,12-13,20H,2,7-9H2,1H3/t12-,13+/m1/s1. The Kier molecular flexibility index (Phi) is 3.98. The van der Waals surface area contributed by atoms with Crippen LogP contribution in [0.3, 0.4) is 0 Å². The SMILES string of the molecule is CCc1nnc(CN2C[C@H](O)C[C@H]2c2cccc(F)c2)o1. The van der Waals surface area contributed by atoms with Gasteiger partial charge in [-0.25, -0.2) is 4.39 Å². The smallest absolute Gasteiger partial charge is 0.230 e. The first-order chi connectivity index (χ1) is 10.2. The average molecular weight is 291 g/mol. The number of hydrogen-bond donors (Lipinski definition) is 1. The van der Waals surface area contributed by atoms with Crippen molar-refractivity contribution in [1.29, 1.82) is 0 Å². The molecule has 0 bridgehead atoms. The minimum absolute atomic E-state index is 0.0346. The summed E-state index contributed by atoms with van der Waals surface area (Å²) in [6, 6.07) is 6.47. The Morgan fingerprint density at radius 1 is 1.38 bits per heavy atom. The van der Waals surface area contributed by atoms with Crippen LogP contribution in [0, 0.1) is 5.82 Å². The van der Waals surface area contributed by atoms with Gasteiger partial charge in [-0.05, 0) is 24.1 Å². The normalized spacial score (nSPS) is 22.8. The fourth-order valence-corrected chi connectivity index (χ4v) is 2.78. The van der Waals surface area contributed by atoms with Crippen LogP contribution < -0.4 is 0 Å². The van der Waals surface area contributed by atoms with E-state index < -0.39 is 6.10 Å². The molecule has 112 valence electrons. The molecule has 0 unspecified atom stereocenters. The Morgan fingerprint density at radius 3 is 2.90 bits per heavy atom. The molecule has 2 aromatic rings. The highest BCUT2D eigenvalue weighted by Gasteiger charge is 2.33.